The van der Waals surface area contributed by atoms with Gasteiger partial charge in [0.1, 0.15) is 13.2 Å². The van der Waals surface area contributed by atoms with Crippen molar-refractivity contribution < 1.29 is 28.6 Å². The van der Waals surface area contributed by atoms with Crippen LogP contribution in [0.4, 0.5) is 0 Å². The third-order valence-corrected chi connectivity index (χ3v) is 13.5. The quantitative estimate of drug-likeness (QED) is 0.0261. The van der Waals surface area contributed by atoms with Gasteiger partial charge in [-0.15, -0.1) is 0 Å². The van der Waals surface area contributed by atoms with Gasteiger partial charge in [0.25, 0.3) is 0 Å². The number of unbranched alkanes of at least 4 members (excludes halogenated alkanes) is 30. The molecule has 0 rings (SSSR count). The van der Waals surface area contributed by atoms with Crippen LogP contribution in [0.25, 0.3) is 0 Å². The SMILES string of the molecule is CC/C=C\C/C=C\C/C=C\C/C=C\CCCCCCCCCCC(=O)OCC(COC(=O)CCCCCCCCC/C=C\C/C=C\CCCCCC)OC(=O)CCCCCCCCC/C=C\C/C=C\CCCCCC. The van der Waals surface area contributed by atoms with E-state index in [0.717, 1.165) is 116 Å². The molecule has 0 fully saturated rings. The van der Waals surface area contributed by atoms with Gasteiger partial charge in [-0.1, -0.05) is 259 Å². The molecule has 0 radical (unpaired) electrons. The van der Waals surface area contributed by atoms with E-state index in [1.807, 2.05) is 0 Å². The molecule has 1 unspecified atom stereocenters. The van der Waals surface area contributed by atoms with Crippen LogP contribution in [0, 0.1) is 0 Å². The van der Waals surface area contributed by atoms with Gasteiger partial charge in [0.05, 0.1) is 0 Å². The van der Waals surface area contributed by atoms with Crippen LogP contribution in [-0.4, -0.2) is 37.2 Å². The van der Waals surface area contributed by atoms with Gasteiger partial charge in [-0.25, -0.2) is 0 Å². The molecule has 0 aromatic carbocycles. The highest BCUT2D eigenvalue weighted by Crippen LogP contribution is 2.15. The van der Waals surface area contributed by atoms with Crippen LogP contribution in [0.1, 0.15) is 303 Å². The molecule has 430 valence electrons. The molecule has 75 heavy (non-hydrogen) atoms. The van der Waals surface area contributed by atoms with E-state index in [4.69, 9.17) is 14.2 Å². The smallest absolute Gasteiger partial charge is 0.306 e. The molecule has 0 aliphatic heterocycles. The lowest BCUT2D eigenvalue weighted by atomic mass is 10.1. The van der Waals surface area contributed by atoms with Crippen molar-refractivity contribution in [2.75, 3.05) is 13.2 Å². The average Bonchev–Trinajstić information content (AvgIpc) is 3.41. The Bertz CT molecular complexity index is 1480. The van der Waals surface area contributed by atoms with Crippen molar-refractivity contribution in [1.29, 1.82) is 0 Å². The standard InChI is InChI=1S/C69H118O6/c1-4-7-10-13-16-19-22-25-28-31-34-35-36-39-41-44-47-50-53-56-59-62-68(71)74-65-66(75-69(72)63-60-57-54-51-48-45-42-38-33-30-27-24-21-18-15-12-9-6-3)64-73-67(70)61-58-55-52-49-46-43-40-37-32-29-26-23-20-17-14-11-8-5-2/h7,10,16,19-21,23-25,28-30,32-35,66H,4-6,8-9,11-15,17-18,22,26-27,31,36-65H2,1-3H3/b10-7-,19-16-,23-20-,24-21-,28-25-,32-29-,33-30-,35-34-. The summed E-state index contributed by atoms with van der Waals surface area (Å²) in [5.41, 5.74) is 0. The molecule has 0 aromatic heterocycles. The molecule has 0 saturated heterocycles. The number of carbonyl (C=O) groups excluding carboxylic acids is 3. The lowest BCUT2D eigenvalue weighted by molar-refractivity contribution is -0.167. The van der Waals surface area contributed by atoms with Gasteiger partial charge in [0.15, 0.2) is 6.10 Å². The predicted molar refractivity (Wildman–Crippen MR) is 325 cm³/mol. The minimum atomic E-state index is -0.791. The van der Waals surface area contributed by atoms with Crippen LogP contribution in [0.2, 0.25) is 0 Å². The lowest BCUT2D eigenvalue weighted by Gasteiger charge is -2.18. The van der Waals surface area contributed by atoms with Crippen LogP contribution >= 0.6 is 0 Å². The Hall–Kier alpha value is -3.67. The number of ether oxygens (including phenoxy) is 3. The monoisotopic (exact) mass is 1040 g/mol. The van der Waals surface area contributed by atoms with Gasteiger partial charge < -0.3 is 14.2 Å². The highest BCUT2D eigenvalue weighted by atomic mass is 16.6. The topological polar surface area (TPSA) is 78.9 Å². The van der Waals surface area contributed by atoms with Gasteiger partial charge in [-0.3, -0.25) is 14.4 Å². The highest BCUT2D eigenvalue weighted by Gasteiger charge is 2.19. The first-order valence-electron chi connectivity index (χ1n) is 31.7. The zero-order chi connectivity index (χ0) is 54.3. The van der Waals surface area contributed by atoms with E-state index in [9.17, 15) is 14.4 Å². The Balaban J connectivity index is 4.42. The Labute approximate surface area is 464 Å². The highest BCUT2D eigenvalue weighted by molar-refractivity contribution is 5.71. The van der Waals surface area contributed by atoms with Crippen molar-refractivity contribution in [2.24, 2.45) is 0 Å². The largest absolute Gasteiger partial charge is 0.462 e. The van der Waals surface area contributed by atoms with Crippen molar-refractivity contribution in [3.8, 4) is 0 Å². The van der Waals surface area contributed by atoms with E-state index in [1.165, 1.54) is 148 Å². The number of hydrogen-bond donors (Lipinski definition) is 0. The second kappa shape index (κ2) is 62.9. The van der Waals surface area contributed by atoms with Crippen LogP contribution in [-0.2, 0) is 28.6 Å². The number of hydrogen-bond acceptors (Lipinski definition) is 6. The van der Waals surface area contributed by atoms with E-state index in [0.29, 0.717) is 19.3 Å². The fourth-order valence-electron chi connectivity index (χ4n) is 8.79. The second-order valence-electron chi connectivity index (χ2n) is 20.9. The molecule has 0 heterocycles. The average molecular weight is 1040 g/mol. The number of allylic oxidation sites excluding steroid dienone is 16. The lowest BCUT2D eigenvalue weighted by Crippen LogP contribution is -2.30. The Morgan fingerprint density at radius 3 is 0.813 bits per heavy atom. The Morgan fingerprint density at radius 1 is 0.280 bits per heavy atom. The molecule has 0 saturated carbocycles. The molecule has 6 nitrogen and oxygen atoms in total. The van der Waals surface area contributed by atoms with Crippen molar-refractivity contribution >= 4 is 17.9 Å². The molecule has 0 aliphatic rings. The van der Waals surface area contributed by atoms with E-state index >= 15 is 0 Å². The molecule has 0 N–H and O–H groups in total. The summed E-state index contributed by atoms with van der Waals surface area (Å²) in [5.74, 6) is -0.901. The van der Waals surface area contributed by atoms with Crippen molar-refractivity contribution in [3.63, 3.8) is 0 Å². The fourth-order valence-corrected chi connectivity index (χ4v) is 8.79. The first-order chi connectivity index (χ1) is 37.0. The van der Waals surface area contributed by atoms with E-state index in [2.05, 4.69) is 118 Å². The number of rotatable bonds is 57. The van der Waals surface area contributed by atoms with E-state index < -0.39 is 6.10 Å². The zero-order valence-electron chi connectivity index (χ0n) is 49.3. The summed E-state index contributed by atoms with van der Waals surface area (Å²) >= 11 is 0. The predicted octanol–water partition coefficient (Wildman–Crippen LogP) is 21.7. The molecular weight excluding hydrogens is 925 g/mol. The van der Waals surface area contributed by atoms with Crippen LogP contribution in [0.3, 0.4) is 0 Å². The van der Waals surface area contributed by atoms with E-state index in [-0.39, 0.29) is 31.1 Å². The first-order valence-corrected chi connectivity index (χ1v) is 31.7. The summed E-state index contributed by atoms with van der Waals surface area (Å²) < 4.78 is 16.9. The molecule has 0 aromatic rings. The van der Waals surface area contributed by atoms with Crippen LogP contribution in [0.5, 0.6) is 0 Å². The number of esters is 3. The van der Waals surface area contributed by atoms with Crippen molar-refractivity contribution in [1.82, 2.24) is 0 Å². The van der Waals surface area contributed by atoms with Gasteiger partial charge in [0.2, 0.25) is 0 Å². The maximum absolute atomic E-state index is 12.9. The van der Waals surface area contributed by atoms with Crippen molar-refractivity contribution in [2.45, 2.75) is 309 Å². The Kier molecular flexibility index (Phi) is 59.8. The molecule has 0 aliphatic carbocycles. The van der Waals surface area contributed by atoms with Gasteiger partial charge in [0, 0.05) is 19.3 Å². The maximum Gasteiger partial charge on any atom is 0.306 e. The molecule has 1 atom stereocenters. The Morgan fingerprint density at radius 2 is 0.520 bits per heavy atom. The molecule has 0 bridgehead atoms. The molecule has 0 spiro atoms. The molecular formula is C69H118O6. The fraction of sp³-hybridized carbons (Fsp3) is 0.725. The third-order valence-electron chi connectivity index (χ3n) is 13.5. The van der Waals surface area contributed by atoms with Crippen LogP contribution < -0.4 is 0 Å². The third kappa shape index (κ3) is 61.1. The normalized spacial score (nSPS) is 12.7. The van der Waals surface area contributed by atoms with Crippen molar-refractivity contribution in [3.05, 3.63) is 97.2 Å². The minimum Gasteiger partial charge on any atom is -0.462 e. The zero-order valence-corrected chi connectivity index (χ0v) is 49.3. The summed E-state index contributed by atoms with van der Waals surface area (Å²) in [6.45, 7) is 6.50. The van der Waals surface area contributed by atoms with Gasteiger partial charge >= 0.3 is 17.9 Å². The molecule has 0 amide bonds. The molecule has 6 heteroatoms. The summed E-state index contributed by atoms with van der Waals surface area (Å²) in [5, 5.41) is 0. The summed E-state index contributed by atoms with van der Waals surface area (Å²) in [6, 6.07) is 0. The summed E-state index contributed by atoms with van der Waals surface area (Å²) in [6.07, 6.45) is 84.0. The maximum atomic E-state index is 12.9. The van der Waals surface area contributed by atoms with E-state index in [1.54, 1.807) is 0 Å². The van der Waals surface area contributed by atoms with Gasteiger partial charge in [-0.05, 0) is 122 Å². The first kappa shape index (κ1) is 71.3. The summed E-state index contributed by atoms with van der Waals surface area (Å²) in [7, 11) is 0. The summed E-state index contributed by atoms with van der Waals surface area (Å²) in [4.78, 5) is 38.3. The minimum absolute atomic E-state index is 0.0872. The number of carbonyl (C=O) groups is 3. The second-order valence-corrected chi connectivity index (χ2v) is 20.9. The van der Waals surface area contributed by atoms with Crippen LogP contribution in [0.15, 0.2) is 97.2 Å². The van der Waals surface area contributed by atoms with Gasteiger partial charge in [-0.2, -0.15) is 0 Å².